The quantitative estimate of drug-likeness (QED) is 0.722. The van der Waals surface area contributed by atoms with E-state index in [9.17, 15) is 9.59 Å². The van der Waals surface area contributed by atoms with Crippen LogP contribution in [0.4, 0.5) is 0 Å². The SMILES string of the molecule is CC(C)[C@H](N)C(=O)N(CC(N)=O)C1CCCC1. The van der Waals surface area contributed by atoms with Gasteiger partial charge in [-0.2, -0.15) is 0 Å². The molecule has 0 radical (unpaired) electrons. The van der Waals surface area contributed by atoms with Crippen LogP contribution in [0.15, 0.2) is 0 Å². The summed E-state index contributed by atoms with van der Waals surface area (Å²) >= 11 is 0. The van der Waals surface area contributed by atoms with Crippen LogP contribution in [0, 0.1) is 5.92 Å². The molecule has 5 heteroatoms. The van der Waals surface area contributed by atoms with Crippen molar-refractivity contribution in [3.8, 4) is 0 Å². The largest absolute Gasteiger partial charge is 0.368 e. The Hall–Kier alpha value is -1.10. The van der Waals surface area contributed by atoms with E-state index in [1.54, 1.807) is 4.90 Å². The molecular weight excluding hydrogens is 218 g/mol. The smallest absolute Gasteiger partial charge is 0.240 e. The fourth-order valence-electron chi connectivity index (χ4n) is 2.25. The Kier molecular flexibility index (Phi) is 4.93. The molecule has 0 aromatic heterocycles. The molecule has 0 heterocycles. The lowest BCUT2D eigenvalue weighted by Crippen LogP contribution is -2.52. The molecule has 2 amide bonds. The molecule has 1 aliphatic carbocycles. The zero-order chi connectivity index (χ0) is 13.0. The first-order chi connectivity index (χ1) is 7.93. The van der Waals surface area contributed by atoms with Gasteiger partial charge in [0, 0.05) is 6.04 Å². The molecule has 1 fully saturated rings. The summed E-state index contributed by atoms with van der Waals surface area (Å²) in [6.45, 7) is 3.79. The van der Waals surface area contributed by atoms with Crippen molar-refractivity contribution in [2.24, 2.45) is 17.4 Å². The number of carbonyl (C=O) groups is 2. The summed E-state index contributed by atoms with van der Waals surface area (Å²) in [6.07, 6.45) is 4.10. The molecule has 1 atom stereocenters. The van der Waals surface area contributed by atoms with Crippen LogP contribution in [0.1, 0.15) is 39.5 Å². The molecule has 17 heavy (non-hydrogen) atoms. The van der Waals surface area contributed by atoms with Gasteiger partial charge in [-0.3, -0.25) is 9.59 Å². The summed E-state index contributed by atoms with van der Waals surface area (Å²) in [5.74, 6) is -0.550. The molecule has 0 bridgehead atoms. The first-order valence-electron chi connectivity index (χ1n) is 6.28. The van der Waals surface area contributed by atoms with Crippen molar-refractivity contribution in [1.29, 1.82) is 0 Å². The van der Waals surface area contributed by atoms with Gasteiger partial charge in [-0.25, -0.2) is 0 Å². The molecule has 1 rings (SSSR count). The molecule has 0 aromatic carbocycles. The second-order valence-electron chi connectivity index (χ2n) is 5.14. The first-order valence-corrected chi connectivity index (χ1v) is 6.28. The summed E-state index contributed by atoms with van der Waals surface area (Å²) < 4.78 is 0. The number of hydrogen-bond donors (Lipinski definition) is 2. The number of hydrogen-bond acceptors (Lipinski definition) is 3. The summed E-state index contributed by atoms with van der Waals surface area (Å²) in [5, 5.41) is 0. The van der Waals surface area contributed by atoms with Crippen molar-refractivity contribution in [1.82, 2.24) is 4.90 Å². The first kappa shape index (κ1) is 14.0. The number of amides is 2. The molecule has 0 unspecified atom stereocenters. The van der Waals surface area contributed by atoms with E-state index in [0.717, 1.165) is 25.7 Å². The molecular formula is C12H23N3O2. The maximum atomic E-state index is 12.2. The van der Waals surface area contributed by atoms with E-state index in [1.807, 2.05) is 13.8 Å². The monoisotopic (exact) mass is 241 g/mol. The lowest BCUT2D eigenvalue weighted by Gasteiger charge is -2.31. The summed E-state index contributed by atoms with van der Waals surface area (Å²) in [7, 11) is 0. The highest BCUT2D eigenvalue weighted by Gasteiger charge is 2.31. The average molecular weight is 241 g/mol. The van der Waals surface area contributed by atoms with Gasteiger partial charge < -0.3 is 16.4 Å². The maximum Gasteiger partial charge on any atom is 0.240 e. The molecule has 1 saturated carbocycles. The van der Waals surface area contributed by atoms with E-state index in [-0.39, 0.29) is 24.4 Å². The Labute approximate surface area is 103 Å². The normalized spacial score (nSPS) is 18.4. The molecule has 98 valence electrons. The number of carbonyl (C=O) groups excluding carboxylic acids is 2. The number of nitrogens with two attached hydrogens (primary N) is 2. The highest BCUT2D eigenvalue weighted by Crippen LogP contribution is 2.24. The van der Waals surface area contributed by atoms with Crippen molar-refractivity contribution < 1.29 is 9.59 Å². The predicted molar refractivity (Wildman–Crippen MR) is 66.0 cm³/mol. The van der Waals surface area contributed by atoms with Crippen molar-refractivity contribution >= 4 is 11.8 Å². The molecule has 4 N–H and O–H groups in total. The van der Waals surface area contributed by atoms with E-state index in [2.05, 4.69) is 0 Å². The van der Waals surface area contributed by atoms with Crippen LogP contribution in [0.2, 0.25) is 0 Å². The number of primary amides is 1. The van der Waals surface area contributed by atoms with Crippen molar-refractivity contribution in [2.75, 3.05) is 6.54 Å². The molecule has 5 nitrogen and oxygen atoms in total. The Morgan fingerprint density at radius 1 is 1.29 bits per heavy atom. The van der Waals surface area contributed by atoms with Gasteiger partial charge in [-0.05, 0) is 18.8 Å². The van der Waals surface area contributed by atoms with Crippen LogP contribution in [0.5, 0.6) is 0 Å². The lowest BCUT2D eigenvalue weighted by atomic mass is 10.0. The van der Waals surface area contributed by atoms with Gasteiger partial charge in [-0.1, -0.05) is 26.7 Å². The average Bonchev–Trinajstić information content (AvgIpc) is 2.76. The van der Waals surface area contributed by atoms with Gasteiger partial charge in [0.25, 0.3) is 0 Å². The Bertz CT molecular complexity index is 285. The standard InChI is InChI=1S/C12H23N3O2/c1-8(2)11(14)12(17)15(7-10(13)16)9-5-3-4-6-9/h8-9,11H,3-7,14H2,1-2H3,(H2,13,16)/t11-/m0/s1. The molecule has 0 aromatic rings. The summed E-state index contributed by atoms with van der Waals surface area (Å²) in [4.78, 5) is 24.8. The topological polar surface area (TPSA) is 89.4 Å². The Balaban J connectivity index is 2.74. The maximum absolute atomic E-state index is 12.2. The van der Waals surface area contributed by atoms with Gasteiger partial charge in [0.2, 0.25) is 11.8 Å². The minimum atomic E-state index is -0.546. The van der Waals surface area contributed by atoms with Crippen LogP contribution >= 0.6 is 0 Å². The Morgan fingerprint density at radius 3 is 2.24 bits per heavy atom. The fraction of sp³-hybridized carbons (Fsp3) is 0.833. The molecule has 0 aliphatic heterocycles. The van der Waals surface area contributed by atoms with E-state index in [4.69, 9.17) is 11.5 Å². The van der Waals surface area contributed by atoms with Gasteiger partial charge in [0.15, 0.2) is 0 Å². The lowest BCUT2D eigenvalue weighted by molar-refractivity contribution is -0.139. The molecule has 0 saturated heterocycles. The van der Waals surface area contributed by atoms with Crippen LogP contribution in [-0.4, -0.2) is 35.3 Å². The van der Waals surface area contributed by atoms with Crippen molar-refractivity contribution in [3.63, 3.8) is 0 Å². The molecule has 0 spiro atoms. The van der Waals surface area contributed by atoms with Crippen LogP contribution in [-0.2, 0) is 9.59 Å². The fourth-order valence-corrected chi connectivity index (χ4v) is 2.25. The van der Waals surface area contributed by atoms with Gasteiger partial charge in [-0.15, -0.1) is 0 Å². The third-order valence-electron chi connectivity index (χ3n) is 3.38. The summed E-state index contributed by atoms with van der Waals surface area (Å²) in [6, 6.07) is -0.408. The number of rotatable bonds is 5. The minimum Gasteiger partial charge on any atom is -0.368 e. The van der Waals surface area contributed by atoms with E-state index >= 15 is 0 Å². The minimum absolute atomic E-state index is 0.0100. The predicted octanol–water partition coefficient (Wildman–Crippen LogP) is 0.226. The van der Waals surface area contributed by atoms with Crippen molar-refractivity contribution in [3.05, 3.63) is 0 Å². The van der Waals surface area contributed by atoms with E-state index in [0.29, 0.717) is 0 Å². The zero-order valence-corrected chi connectivity index (χ0v) is 10.7. The van der Waals surface area contributed by atoms with Crippen molar-refractivity contribution in [2.45, 2.75) is 51.6 Å². The zero-order valence-electron chi connectivity index (χ0n) is 10.7. The third-order valence-corrected chi connectivity index (χ3v) is 3.38. The Morgan fingerprint density at radius 2 is 1.82 bits per heavy atom. The van der Waals surface area contributed by atoms with Crippen LogP contribution in [0.25, 0.3) is 0 Å². The summed E-state index contributed by atoms with van der Waals surface area (Å²) in [5.41, 5.74) is 11.1. The van der Waals surface area contributed by atoms with Crippen LogP contribution < -0.4 is 11.5 Å². The second-order valence-corrected chi connectivity index (χ2v) is 5.14. The molecule has 1 aliphatic rings. The van der Waals surface area contributed by atoms with Gasteiger partial charge in [0.1, 0.15) is 0 Å². The van der Waals surface area contributed by atoms with Gasteiger partial charge in [0.05, 0.1) is 12.6 Å². The third kappa shape index (κ3) is 3.70. The van der Waals surface area contributed by atoms with Gasteiger partial charge >= 0.3 is 0 Å². The van der Waals surface area contributed by atoms with E-state index < -0.39 is 11.9 Å². The highest BCUT2D eigenvalue weighted by molar-refractivity contribution is 5.87. The van der Waals surface area contributed by atoms with E-state index in [1.165, 1.54) is 0 Å². The van der Waals surface area contributed by atoms with Crippen LogP contribution in [0.3, 0.4) is 0 Å². The highest BCUT2D eigenvalue weighted by atomic mass is 16.2. The number of nitrogens with zero attached hydrogens (tertiary/aromatic N) is 1. The second kappa shape index (κ2) is 6.00.